The predicted molar refractivity (Wildman–Crippen MR) is 102 cm³/mol. The summed E-state index contributed by atoms with van der Waals surface area (Å²) in [6.45, 7) is 9.80. The third-order valence-electron chi connectivity index (χ3n) is 8.63. The van der Waals surface area contributed by atoms with Crippen molar-refractivity contribution in [1.29, 1.82) is 0 Å². The minimum Gasteiger partial charge on any atom is -0.481 e. The van der Waals surface area contributed by atoms with Crippen molar-refractivity contribution in [3.8, 4) is 0 Å². The number of carbonyl (C=O) groups is 1. The molecule has 6 nitrogen and oxygen atoms in total. The number of aliphatic carboxylic acids is 1. The molecule has 1 aliphatic heterocycles. The second-order valence-electron chi connectivity index (χ2n) is 9.98. The maximum atomic E-state index is 12.1. The Morgan fingerprint density at radius 1 is 1.25 bits per heavy atom. The first-order valence-corrected chi connectivity index (χ1v) is 10.3. The first-order chi connectivity index (χ1) is 13.0. The molecule has 6 heteroatoms. The molecule has 0 spiro atoms. The number of carboxylic acid groups (broad SMARTS) is 1. The van der Waals surface area contributed by atoms with Gasteiger partial charge < -0.3 is 25.2 Å². The third kappa shape index (κ3) is 2.44. The highest BCUT2D eigenvalue weighted by Gasteiger charge is 2.71. The van der Waals surface area contributed by atoms with Crippen LogP contribution < -0.4 is 0 Å². The van der Waals surface area contributed by atoms with Crippen molar-refractivity contribution in [3.05, 3.63) is 23.8 Å². The van der Waals surface area contributed by atoms with Gasteiger partial charge in [-0.25, -0.2) is 0 Å². The van der Waals surface area contributed by atoms with Crippen LogP contribution in [0, 0.1) is 22.7 Å². The van der Waals surface area contributed by atoms with Gasteiger partial charge in [-0.1, -0.05) is 31.6 Å². The molecule has 9 atom stereocenters. The van der Waals surface area contributed by atoms with Gasteiger partial charge in [-0.05, 0) is 62.4 Å². The SMILES string of the molecule is C=C1[C@@H](O)[C@H](O)[C@]2(C[C@@H]3C(C)=CC[C@H]4[C@]3(C)CCC[C@@]4(C)C(=O)O)O[C@@H]2[C@H]1O. The molecule has 0 aromatic carbocycles. The van der Waals surface area contributed by atoms with Gasteiger partial charge in [-0.3, -0.25) is 4.79 Å². The molecule has 3 aliphatic carbocycles. The van der Waals surface area contributed by atoms with E-state index in [9.17, 15) is 25.2 Å². The maximum absolute atomic E-state index is 12.1. The van der Waals surface area contributed by atoms with E-state index in [2.05, 4.69) is 26.5 Å². The summed E-state index contributed by atoms with van der Waals surface area (Å²) in [5.74, 6) is -0.719. The van der Waals surface area contributed by atoms with Gasteiger partial charge >= 0.3 is 5.97 Å². The fourth-order valence-corrected chi connectivity index (χ4v) is 6.69. The summed E-state index contributed by atoms with van der Waals surface area (Å²) in [5.41, 5.74) is -0.636. The van der Waals surface area contributed by atoms with Gasteiger partial charge in [0, 0.05) is 0 Å². The van der Waals surface area contributed by atoms with Crippen LogP contribution in [0.1, 0.15) is 52.9 Å². The maximum Gasteiger partial charge on any atom is 0.309 e. The Morgan fingerprint density at radius 2 is 1.93 bits per heavy atom. The molecular weight excluding hydrogens is 360 g/mol. The molecule has 1 heterocycles. The Kier molecular flexibility index (Phi) is 4.41. The summed E-state index contributed by atoms with van der Waals surface area (Å²) in [6.07, 6.45) is 1.86. The predicted octanol–water partition coefficient (Wildman–Crippen LogP) is 2.03. The first-order valence-electron chi connectivity index (χ1n) is 10.3. The van der Waals surface area contributed by atoms with E-state index in [-0.39, 0.29) is 22.8 Å². The highest BCUT2D eigenvalue weighted by molar-refractivity contribution is 5.75. The molecule has 4 rings (SSSR count). The topological polar surface area (TPSA) is 111 Å². The first kappa shape index (κ1) is 20.1. The lowest BCUT2D eigenvalue weighted by Gasteiger charge is -2.56. The monoisotopic (exact) mass is 392 g/mol. The smallest absolute Gasteiger partial charge is 0.309 e. The molecule has 0 radical (unpaired) electrons. The fourth-order valence-electron chi connectivity index (χ4n) is 6.69. The molecule has 1 saturated heterocycles. The number of hydrogen-bond donors (Lipinski definition) is 4. The van der Waals surface area contributed by atoms with E-state index in [1.54, 1.807) is 0 Å². The molecule has 0 unspecified atom stereocenters. The number of hydrogen-bond acceptors (Lipinski definition) is 5. The lowest BCUT2D eigenvalue weighted by atomic mass is 9.47. The van der Waals surface area contributed by atoms with Crippen molar-refractivity contribution in [2.24, 2.45) is 22.7 Å². The molecule has 4 aliphatic rings. The second-order valence-corrected chi connectivity index (χ2v) is 9.98. The Hall–Kier alpha value is -1.21. The average Bonchev–Trinajstić information content (AvgIpc) is 3.37. The van der Waals surface area contributed by atoms with Crippen molar-refractivity contribution in [3.63, 3.8) is 0 Å². The van der Waals surface area contributed by atoms with Crippen LogP contribution in [0.3, 0.4) is 0 Å². The fraction of sp³-hybridized carbons (Fsp3) is 0.773. The number of epoxide rings is 1. The van der Waals surface area contributed by atoms with Gasteiger partial charge in [-0.15, -0.1) is 0 Å². The van der Waals surface area contributed by atoms with Crippen LogP contribution in [0.2, 0.25) is 0 Å². The zero-order valence-electron chi connectivity index (χ0n) is 16.9. The summed E-state index contributed by atoms with van der Waals surface area (Å²) in [4.78, 5) is 12.1. The summed E-state index contributed by atoms with van der Waals surface area (Å²) in [7, 11) is 0. The van der Waals surface area contributed by atoms with Crippen LogP contribution in [0.5, 0.6) is 0 Å². The minimum atomic E-state index is -1.22. The molecule has 3 fully saturated rings. The number of allylic oxidation sites excluding steroid dienone is 2. The van der Waals surface area contributed by atoms with Crippen LogP contribution in [0.4, 0.5) is 0 Å². The van der Waals surface area contributed by atoms with Gasteiger partial charge in [0.25, 0.3) is 0 Å². The van der Waals surface area contributed by atoms with Crippen molar-refractivity contribution in [1.82, 2.24) is 0 Å². The van der Waals surface area contributed by atoms with E-state index in [0.29, 0.717) is 12.8 Å². The highest BCUT2D eigenvalue weighted by Crippen LogP contribution is 2.64. The summed E-state index contributed by atoms with van der Waals surface area (Å²) < 4.78 is 5.84. The molecule has 0 bridgehead atoms. The van der Waals surface area contributed by atoms with E-state index in [0.717, 1.165) is 19.3 Å². The van der Waals surface area contributed by atoms with E-state index in [1.807, 2.05) is 6.92 Å². The molecule has 0 aromatic rings. The zero-order valence-corrected chi connectivity index (χ0v) is 16.9. The molecule has 0 amide bonds. The van der Waals surface area contributed by atoms with Crippen molar-refractivity contribution in [2.75, 3.05) is 0 Å². The number of aliphatic hydroxyl groups excluding tert-OH is 3. The van der Waals surface area contributed by atoms with Crippen molar-refractivity contribution >= 4 is 5.97 Å². The van der Waals surface area contributed by atoms with Gasteiger partial charge in [0.1, 0.15) is 30.0 Å². The van der Waals surface area contributed by atoms with Gasteiger partial charge in [0.05, 0.1) is 5.41 Å². The highest BCUT2D eigenvalue weighted by atomic mass is 16.6. The molecule has 0 aromatic heterocycles. The Labute approximate surface area is 165 Å². The average molecular weight is 392 g/mol. The number of fused-ring (bicyclic) bond motifs is 2. The number of ether oxygens (including phenoxy) is 1. The molecule has 28 heavy (non-hydrogen) atoms. The van der Waals surface area contributed by atoms with E-state index < -0.39 is 41.4 Å². The zero-order chi connectivity index (χ0) is 20.6. The second kappa shape index (κ2) is 6.14. The lowest BCUT2D eigenvalue weighted by Crippen LogP contribution is -2.56. The largest absolute Gasteiger partial charge is 0.481 e. The number of aliphatic hydroxyl groups is 3. The van der Waals surface area contributed by atoms with Crippen LogP contribution in [-0.4, -0.2) is 56.4 Å². The summed E-state index contributed by atoms with van der Waals surface area (Å²) in [6, 6.07) is 0. The molecule has 2 saturated carbocycles. The van der Waals surface area contributed by atoms with Gasteiger partial charge in [0.15, 0.2) is 0 Å². The number of rotatable bonds is 3. The van der Waals surface area contributed by atoms with Gasteiger partial charge in [-0.2, -0.15) is 0 Å². The van der Waals surface area contributed by atoms with E-state index in [4.69, 9.17) is 4.74 Å². The van der Waals surface area contributed by atoms with E-state index >= 15 is 0 Å². The third-order valence-corrected chi connectivity index (χ3v) is 8.63. The molecular formula is C22H32O6. The van der Waals surface area contributed by atoms with E-state index in [1.165, 1.54) is 5.57 Å². The number of carboxylic acids is 1. The van der Waals surface area contributed by atoms with Crippen LogP contribution in [-0.2, 0) is 9.53 Å². The van der Waals surface area contributed by atoms with Crippen molar-refractivity contribution in [2.45, 2.75) is 82.9 Å². The van der Waals surface area contributed by atoms with Crippen molar-refractivity contribution < 1.29 is 30.0 Å². The lowest BCUT2D eigenvalue weighted by molar-refractivity contribution is -0.163. The summed E-state index contributed by atoms with van der Waals surface area (Å²) in [5, 5.41) is 41.5. The Morgan fingerprint density at radius 3 is 2.57 bits per heavy atom. The summed E-state index contributed by atoms with van der Waals surface area (Å²) >= 11 is 0. The molecule has 156 valence electrons. The quantitative estimate of drug-likeness (QED) is 0.432. The van der Waals surface area contributed by atoms with Crippen LogP contribution in [0.15, 0.2) is 23.8 Å². The Bertz CT molecular complexity index is 745. The molecule has 4 N–H and O–H groups in total. The standard InChI is InChI=1S/C22H32O6/c1-11-6-7-14-20(3,8-5-9-21(14,4)19(26)27)13(11)10-22-17(25)15(23)12(2)16(24)18(22)28-22/h6,13-18,23-25H,2,5,7-10H2,1,3-4H3,(H,26,27)/t13-,14+,15-,16+,17+,18-,20-,21-,22+/m1/s1. The normalized spacial score (nSPS) is 53.1. The minimum absolute atomic E-state index is 0.000837. The van der Waals surface area contributed by atoms with Gasteiger partial charge in [0.2, 0.25) is 0 Å². The van der Waals surface area contributed by atoms with Crippen LogP contribution >= 0.6 is 0 Å². The Balaban J connectivity index is 1.68. The van der Waals surface area contributed by atoms with Crippen LogP contribution in [0.25, 0.3) is 0 Å².